The van der Waals surface area contributed by atoms with E-state index in [1.807, 2.05) is 48.5 Å². The number of non-ortho nitro benzene ring substituents is 1. The Morgan fingerprint density at radius 3 is 2.39 bits per heavy atom. The van der Waals surface area contributed by atoms with E-state index in [2.05, 4.69) is 10.3 Å². The molecule has 0 radical (unpaired) electrons. The molecule has 1 atom stereocenters. The topological polar surface area (TPSA) is 88.0 Å². The summed E-state index contributed by atoms with van der Waals surface area (Å²) in [7, 11) is 0. The van der Waals surface area contributed by atoms with Crippen LogP contribution in [0.2, 0.25) is 0 Å². The smallest absolute Gasteiger partial charge is 0.293 e. The average molecular weight is 369 g/mol. The van der Waals surface area contributed by atoms with E-state index < -0.39 is 10.5 Å². The molecule has 2 heterocycles. The summed E-state index contributed by atoms with van der Waals surface area (Å²) in [6, 6.07) is 21.7. The van der Waals surface area contributed by atoms with Crippen molar-refractivity contribution in [3.63, 3.8) is 0 Å². The van der Waals surface area contributed by atoms with Gasteiger partial charge in [-0.25, -0.2) is 0 Å². The van der Waals surface area contributed by atoms with E-state index in [4.69, 9.17) is 0 Å². The van der Waals surface area contributed by atoms with Gasteiger partial charge in [0.15, 0.2) is 11.3 Å². The van der Waals surface area contributed by atoms with Crippen molar-refractivity contribution in [3.8, 4) is 0 Å². The number of fused-ring (bicyclic) bond motifs is 2. The molecule has 0 aliphatic carbocycles. The van der Waals surface area contributed by atoms with Crippen LogP contribution in [0.4, 0.5) is 11.4 Å². The van der Waals surface area contributed by atoms with Gasteiger partial charge in [-0.3, -0.25) is 14.9 Å². The molecule has 1 aliphatic rings. The van der Waals surface area contributed by atoms with Crippen molar-refractivity contribution in [2.24, 2.45) is 0 Å². The number of Topliss-reactive ketones (excluding diaryl/α,β-unsaturated/α-hetero) is 1. The molecule has 0 saturated heterocycles. The van der Waals surface area contributed by atoms with Gasteiger partial charge in [-0.05, 0) is 17.7 Å². The maximum absolute atomic E-state index is 13.7. The van der Waals surface area contributed by atoms with Gasteiger partial charge < -0.3 is 10.3 Å². The maximum Gasteiger partial charge on any atom is 0.293 e. The van der Waals surface area contributed by atoms with Gasteiger partial charge in [0.2, 0.25) is 0 Å². The second kappa shape index (κ2) is 5.79. The highest BCUT2D eigenvalue weighted by molar-refractivity contribution is 6.17. The lowest BCUT2D eigenvalue weighted by atomic mass is 9.79. The predicted octanol–water partition coefficient (Wildman–Crippen LogP) is 4.63. The number of rotatable bonds is 3. The highest BCUT2D eigenvalue weighted by Gasteiger charge is 2.49. The number of nitrogens with zero attached hydrogens (tertiary/aromatic N) is 1. The molecular weight excluding hydrogens is 354 g/mol. The van der Waals surface area contributed by atoms with Crippen LogP contribution in [-0.2, 0) is 5.54 Å². The molecule has 0 amide bonds. The van der Waals surface area contributed by atoms with Crippen molar-refractivity contribution in [1.82, 2.24) is 4.98 Å². The summed E-state index contributed by atoms with van der Waals surface area (Å²) < 4.78 is 0. The zero-order chi connectivity index (χ0) is 19.3. The number of carbonyl (C=O) groups excluding carboxylic acids is 1. The Labute approximate surface area is 160 Å². The zero-order valence-corrected chi connectivity index (χ0v) is 14.7. The lowest BCUT2D eigenvalue weighted by Gasteiger charge is -2.29. The van der Waals surface area contributed by atoms with Gasteiger partial charge in [0.1, 0.15) is 5.52 Å². The number of nitro benzene ring substituents is 1. The lowest BCUT2D eigenvalue weighted by Crippen LogP contribution is -2.39. The van der Waals surface area contributed by atoms with Crippen molar-refractivity contribution in [3.05, 3.63) is 106 Å². The van der Waals surface area contributed by atoms with Crippen molar-refractivity contribution < 1.29 is 9.72 Å². The van der Waals surface area contributed by atoms with E-state index in [9.17, 15) is 14.9 Å². The Hall–Kier alpha value is -3.93. The van der Waals surface area contributed by atoms with Crippen LogP contribution in [0.25, 0.3) is 10.9 Å². The number of aromatic nitrogens is 1. The van der Waals surface area contributed by atoms with Crippen molar-refractivity contribution in [2.45, 2.75) is 5.54 Å². The number of ketones is 1. The molecule has 3 aromatic carbocycles. The fraction of sp³-hybridized carbons (Fsp3) is 0.0455. The molecule has 1 unspecified atom stereocenters. The number of benzene rings is 3. The van der Waals surface area contributed by atoms with E-state index >= 15 is 0 Å². The quantitative estimate of drug-likeness (QED) is 0.407. The molecule has 28 heavy (non-hydrogen) atoms. The van der Waals surface area contributed by atoms with Crippen molar-refractivity contribution in [1.29, 1.82) is 0 Å². The Kier molecular flexibility index (Phi) is 3.36. The first-order valence-electron chi connectivity index (χ1n) is 8.85. The minimum atomic E-state index is -1.15. The van der Waals surface area contributed by atoms with E-state index in [1.165, 1.54) is 6.07 Å². The van der Waals surface area contributed by atoms with E-state index in [0.717, 1.165) is 11.3 Å². The number of aromatic amines is 1. The Morgan fingerprint density at radius 2 is 1.64 bits per heavy atom. The fourth-order valence-electron chi connectivity index (χ4n) is 4.09. The third-order valence-electron chi connectivity index (χ3n) is 5.34. The van der Waals surface area contributed by atoms with Crippen molar-refractivity contribution >= 4 is 28.1 Å². The largest absolute Gasteiger partial charge is 0.365 e. The van der Waals surface area contributed by atoms with Crippen LogP contribution in [0.1, 0.15) is 21.5 Å². The van der Waals surface area contributed by atoms with Gasteiger partial charge in [-0.1, -0.05) is 54.6 Å². The first-order chi connectivity index (χ1) is 13.6. The van der Waals surface area contributed by atoms with Crippen LogP contribution in [0.15, 0.2) is 79.0 Å². The molecule has 6 heteroatoms. The van der Waals surface area contributed by atoms with Gasteiger partial charge in [-0.15, -0.1) is 0 Å². The highest BCUT2D eigenvalue weighted by atomic mass is 16.6. The number of carbonyl (C=O) groups is 1. The molecule has 1 aromatic heterocycles. The molecule has 0 spiro atoms. The molecule has 0 fully saturated rings. The molecule has 0 saturated carbocycles. The van der Waals surface area contributed by atoms with Gasteiger partial charge in [-0.2, -0.15) is 0 Å². The molecule has 6 nitrogen and oxygen atoms in total. The lowest BCUT2D eigenvalue weighted by molar-refractivity contribution is -0.383. The summed E-state index contributed by atoms with van der Waals surface area (Å²) >= 11 is 0. The summed E-state index contributed by atoms with van der Waals surface area (Å²) in [5, 5.41) is 15.5. The molecule has 4 aromatic rings. The number of para-hydroxylation sites is 2. The Bertz CT molecular complexity index is 1250. The zero-order valence-electron chi connectivity index (χ0n) is 14.7. The third kappa shape index (κ3) is 2.05. The second-order valence-electron chi connectivity index (χ2n) is 6.77. The fourth-order valence-corrected chi connectivity index (χ4v) is 4.09. The second-order valence-corrected chi connectivity index (χ2v) is 6.77. The maximum atomic E-state index is 13.7. The van der Waals surface area contributed by atoms with Crippen LogP contribution in [0.3, 0.4) is 0 Å². The minimum absolute atomic E-state index is 0.0186. The molecule has 1 aliphatic heterocycles. The monoisotopic (exact) mass is 369 g/mol. The van der Waals surface area contributed by atoms with Crippen LogP contribution < -0.4 is 5.32 Å². The average Bonchev–Trinajstić information content (AvgIpc) is 3.28. The number of hydrogen-bond donors (Lipinski definition) is 2. The van der Waals surface area contributed by atoms with Crippen LogP contribution in [0, 0.1) is 10.1 Å². The highest BCUT2D eigenvalue weighted by Crippen LogP contribution is 2.46. The van der Waals surface area contributed by atoms with E-state index in [1.54, 1.807) is 24.4 Å². The normalized spacial score (nSPS) is 18.1. The summed E-state index contributed by atoms with van der Waals surface area (Å²) in [5.74, 6) is -0.0818. The first-order valence-corrected chi connectivity index (χ1v) is 8.85. The van der Waals surface area contributed by atoms with Gasteiger partial charge in [0, 0.05) is 34.5 Å². The van der Waals surface area contributed by atoms with Crippen LogP contribution in [-0.4, -0.2) is 15.7 Å². The van der Waals surface area contributed by atoms with E-state index in [-0.39, 0.29) is 11.5 Å². The summed E-state index contributed by atoms with van der Waals surface area (Å²) in [6.07, 6.45) is 1.70. The number of anilines is 1. The molecule has 2 N–H and O–H groups in total. The molecule has 5 rings (SSSR count). The molecule has 0 bridgehead atoms. The minimum Gasteiger partial charge on any atom is -0.365 e. The van der Waals surface area contributed by atoms with Gasteiger partial charge >= 0.3 is 0 Å². The van der Waals surface area contributed by atoms with E-state index in [0.29, 0.717) is 22.0 Å². The third-order valence-corrected chi connectivity index (χ3v) is 5.34. The number of hydrogen-bond acceptors (Lipinski definition) is 4. The summed E-state index contributed by atoms with van der Waals surface area (Å²) in [4.78, 5) is 27.7. The Morgan fingerprint density at radius 1 is 0.893 bits per heavy atom. The van der Waals surface area contributed by atoms with Gasteiger partial charge in [0.25, 0.3) is 5.69 Å². The van der Waals surface area contributed by atoms with Crippen LogP contribution in [0.5, 0.6) is 0 Å². The number of H-pyrrole nitrogens is 1. The standard InChI is InChI=1S/C22H15N3O3/c26-21-16-9-4-5-11-18(16)24-22(21,14-7-2-1-3-8-14)17-13-23-20-15(17)10-6-12-19(20)25(27)28/h1-13,23-24H. The first kappa shape index (κ1) is 16.3. The summed E-state index contributed by atoms with van der Waals surface area (Å²) in [5.41, 5.74) is 2.03. The number of nitrogens with one attached hydrogen (secondary N) is 2. The van der Waals surface area contributed by atoms with Crippen LogP contribution >= 0.6 is 0 Å². The predicted molar refractivity (Wildman–Crippen MR) is 107 cm³/mol. The molecular formula is C22H15N3O3. The molecule has 136 valence electrons. The number of nitro groups is 1. The summed E-state index contributed by atoms with van der Waals surface area (Å²) in [6.45, 7) is 0. The van der Waals surface area contributed by atoms with Gasteiger partial charge in [0.05, 0.1) is 4.92 Å². The van der Waals surface area contributed by atoms with Crippen molar-refractivity contribution in [2.75, 3.05) is 5.32 Å². The SMILES string of the molecule is O=C1c2ccccc2NC1(c1ccccc1)c1c[nH]c2c([N+](=O)[O-])cccc12. The Balaban J connectivity index is 1.84.